The molecule has 0 saturated carbocycles. The number of nitrogens with zero attached hydrogens (tertiary/aromatic N) is 4. The summed E-state index contributed by atoms with van der Waals surface area (Å²) < 4.78 is 5.00. The van der Waals surface area contributed by atoms with Gasteiger partial charge in [-0.15, -0.1) is 5.10 Å². The van der Waals surface area contributed by atoms with Crippen LogP contribution in [0.2, 0.25) is 0 Å². The van der Waals surface area contributed by atoms with Crippen LogP contribution in [0.3, 0.4) is 0 Å². The van der Waals surface area contributed by atoms with Gasteiger partial charge in [0.2, 0.25) is 0 Å². The van der Waals surface area contributed by atoms with Gasteiger partial charge in [0.15, 0.2) is 12.3 Å². The first-order valence-electron chi connectivity index (χ1n) is 8.57. The highest BCUT2D eigenvalue weighted by molar-refractivity contribution is 5.97. The van der Waals surface area contributed by atoms with Gasteiger partial charge in [0.25, 0.3) is 11.6 Å². The van der Waals surface area contributed by atoms with Crippen molar-refractivity contribution in [1.29, 1.82) is 0 Å². The molecule has 0 aliphatic heterocycles. The van der Waals surface area contributed by atoms with E-state index < -0.39 is 23.4 Å². The lowest BCUT2D eigenvalue weighted by atomic mass is 10.1. The molecule has 0 unspecified atom stereocenters. The van der Waals surface area contributed by atoms with Gasteiger partial charge in [-0.1, -0.05) is 30.3 Å². The van der Waals surface area contributed by atoms with E-state index in [0.717, 1.165) is 0 Å². The van der Waals surface area contributed by atoms with Crippen molar-refractivity contribution in [3.05, 3.63) is 75.6 Å². The van der Waals surface area contributed by atoms with Crippen molar-refractivity contribution in [3.63, 3.8) is 0 Å². The molecule has 0 saturated heterocycles. The van der Waals surface area contributed by atoms with Crippen LogP contribution in [0.1, 0.15) is 21.7 Å². The molecule has 3 rings (SSSR count). The van der Waals surface area contributed by atoms with E-state index in [2.05, 4.69) is 15.5 Å². The van der Waals surface area contributed by atoms with Crippen LogP contribution in [-0.2, 0) is 9.53 Å². The number of aromatic nitrogens is 3. The largest absolute Gasteiger partial charge is 0.451 e. The molecule has 0 radical (unpaired) electrons. The van der Waals surface area contributed by atoms with Crippen molar-refractivity contribution >= 4 is 23.3 Å². The number of rotatable bonds is 6. The summed E-state index contributed by atoms with van der Waals surface area (Å²) in [7, 11) is 0. The summed E-state index contributed by atoms with van der Waals surface area (Å²) in [5.41, 5.74) is 1.31. The summed E-state index contributed by atoms with van der Waals surface area (Å²) in [6, 6.07) is 13.4. The van der Waals surface area contributed by atoms with Gasteiger partial charge in [0.05, 0.1) is 16.3 Å². The number of carbonyl (C=O) groups excluding carboxylic acids is 2. The number of aryl methyl sites for hydroxylation is 2. The smallest absolute Gasteiger partial charge is 0.361 e. The SMILES string of the molecule is Cc1cccc([N+](=O)[O-])c1NC(=O)COC(=O)c1nn(-c2ccccc2)nc1C. The number of amides is 1. The summed E-state index contributed by atoms with van der Waals surface area (Å²) in [4.78, 5) is 36.2. The number of hydrogen-bond donors (Lipinski definition) is 1. The number of carbonyl (C=O) groups is 2. The molecule has 0 fully saturated rings. The maximum Gasteiger partial charge on any atom is 0.361 e. The number of nitro groups is 1. The number of esters is 1. The van der Waals surface area contributed by atoms with Gasteiger partial charge in [-0.25, -0.2) is 4.79 Å². The Morgan fingerprint density at radius 2 is 1.83 bits per heavy atom. The molecule has 0 aliphatic carbocycles. The molecule has 148 valence electrons. The third kappa shape index (κ3) is 4.43. The number of para-hydroxylation sites is 2. The van der Waals surface area contributed by atoms with E-state index in [1.165, 1.54) is 16.9 Å². The second-order valence-electron chi connectivity index (χ2n) is 6.11. The standard InChI is InChI=1S/C19H17N5O5/c1-12-7-6-10-15(24(27)28)17(12)20-16(25)11-29-19(26)18-13(2)21-23(22-18)14-8-4-3-5-9-14/h3-10H,11H2,1-2H3,(H,20,25). The minimum absolute atomic E-state index is 0.0245. The third-order valence-corrected chi connectivity index (χ3v) is 4.01. The number of ether oxygens (including phenoxy) is 1. The molecule has 0 aliphatic rings. The monoisotopic (exact) mass is 395 g/mol. The van der Waals surface area contributed by atoms with Gasteiger partial charge in [-0.05, 0) is 31.5 Å². The molecule has 0 spiro atoms. The molecule has 29 heavy (non-hydrogen) atoms. The molecule has 3 aromatic rings. The molecule has 2 aromatic carbocycles. The maximum absolute atomic E-state index is 12.3. The van der Waals surface area contributed by atoms with Gasteiger partial charge in [0, 0.05) is 6.07 Å². The van der Waals surface area contributed by atoms with Crippen LogP contribution in [-0.4, -0.2) is 38.4 Å². The van der Waals surface area contributed by atoms with Gasteiger partial charge >= 0.3 is 5.97 Å². The number of anilines is 1. The number of benzene rings is 2. The Balaban J connectivity index is 1.67. The summed E-state index contributed by atoms with van der Waals surface area (Å²) >= 11 is 0. The van der Waals surface area contributed by atoms with E-state index in [-0.39, 0.29) is 17.1 Å². The summed E-state index contributed by atoms with van der Waals surface area (Å²) in [6.45, 7) is 2.60. The lowest BCUT2D eigenvalue weighted by molar-refractivity contribution is -0.384. The molecule has 10 nitrogen and oxygen atoms in total. The van der Waals surface area contributed by atoms with Crippen LogP contribution in [0.15, 0.2) is 48.5 Å². The number of nitro benzene ring substituents is 1. The maximum atomic E-state index is 12.3. The topological polar surface area (TPSA) is 129 Å². The molecule has 10 heteroatoms. The number of hydrogen-bond acceptors (Lipinski definition) is 7. The molecule has 1 N–H and O–H groups in total. The van der Waals surface area contributed by atoms with E-state index in [4.69, 9.17) is 4.74 Å². The van der Waals surface area contributed by atoms with E-state index in [9.17, 15) is 19.7 Å². The first kappa shape index (κ1) is 19.7. The lowest BCUT2D eigenvalue weighted by Gasteiger charge is -2.09. The van der Waals surface area contributed by atoms with E-state index in [1.807, 2.05) is 6.07 Å². The molecule has 1 heterocycles. The minimum Gasteiger partial charge on any atom is -0.451 e. The van der Waals surface area contributed by atoms with Crippen molar-refractivity contribution in [2.75, 3.05) is 11.9 Å². The highest BCUT2D eigenvalue weighted by Gasteiger charge is 2.21. The quantitative estimate of drug-likeness (QED) is 0.386. The van der Waals surface area contributed by atoms with Crippen LogP contribution in [0.5, 0.6) is 0 Å². The number of nitrogens with one attached hydrogen (secondary N) is 1. The summed E-state index contributed by atoms with van der Waals surface area (Å²) in [6.07, 6.45) is 0. The average Bonchev–Trinajstić information content (AvgIpc) is 3.10. The van der Waals surface area contributed by atoms with Crippen LogP contribution >= 0.6 is 0 Å². The summed E-state index contributed by atoms with van der Waals surface area (Å²) in [5.74, 6) is -1.53. The molecule has 1 aromatic heterocycles. The second-order valence-corrected chi connectivity index (χ2v) is 6.11. The Morgan fingerprint density at radius 1 is 1.10 bits per heavy atom. The van der Waals surface area contributed by atoms with E-state index >= 15 is 0 Å². The van der Waals surface area contributed by atoms with Crippen LogP contribution in [0.25, 0.3) is 5.69 Å². The van der Waals surface area contributed by atoms with Crippen molar-refractivity contribution in [2.24, 2.45) is 0 Å². The summed E-state index contributed by atoms with van der Waals surface area (Å²) in [5, 5.41) is 21.8. The van der Waals surface area contributed by atoms with E-state index in [1.54, 1.807) is 44.2 Å². The zero-order valence-corrected chi connectivity index (χ0v) is 15.7. The van der Waals surface area contributed by atoms with Gasteiger partial charge in [-0.2, -0.15) is 9.90 Å². The fraction of sp³-hybridized carbons (Fsp3) is 0.158. The lowest BCUT2D eigenvalue weighted by Crippen LogP contribution is -2.22. The van der Waals surface area contributed by atoms with Crippen molar-refractivity contribution in [3.8, 4) is 5.69 Å². The van der Waals surface area contributed by atoms with Crippen molar-refractivity contribution in [1.82, 2.24) is 15.0 Å². The zero-order chi connectivity index (χ0) is 21.0. The predicted octanol–water partition coefficient (Wildman–Crippen LogP) is 2.59. The Bertz CT molecular complexity index is 1080. The fourth-order valence-corrected chi connectivity index (χ4v) is 2.59. The van der Waals surface area contributed by atoms with Crippen LogP contribution < -0.4 is 5.32 Å². The van der Waals surface area contributed by atoms with Gasteiger partial charge in [0.1, 0.15) is 5.69 Å². The highest BCUT2D eigenvalue weighted by Crippen LogP contribution is 2.27. The fourth-order valence-electron chi connectivity index (χ4n) is 2.59. The Labute approximate surface area is 165 Å². The third-order valence-electron chi connectivity index (χ3n) is 4.01. The Kier molecular flexibility index (Phi) is 5.63. The van der Waals surface area contributed by atoms with Gasteiger partial charge in [-0.3, -0.25) is 14.9 Å². The Morgan fingerprint density at radius 3 is 2.52 bits per heavy atom. The molecular weight excluding hydrogens is 378 g/mol. The minimum atomic E-state index is -0.820. The van der Waals surface area contributed by atoms with E-state index in [0.29, 0.717) is 16.9 Å². The molecule has 1 amide bonds. The molecule has 0 bridgehead atoms. The molecular formula is C19H17N5O5. The van der Waals surface area contributed by atoms with Crippen LogP contribution in [0, 0.1) is 24.0 Å². The predicted molar refractivity (Wildman–Crippen MR) is 103 cm³/mol. The van der Waals surface area contributed by atoms with Crippen molar-refractivity contribution < 1.29 is 19.2 Å². The molecule has 0 atom stereocenters. The Hall–Kier alpha value is -4.08. The zero-order valence-electron chi connectivity index (χ0n) is 15.7. The second kappa shape index (κ2) is 8.30. The highest BCUT2D eigenvalue weighted by atomic mass is 16.6. The first-order valence-corrected chi connectivity index (χ1v) is 8.57. The van der Waals surface area contributed by atoms with Gasteiger partial charge < -0.3 is 10.1 Å². The van der Waals surface area contributed by atoms with Crippen LogP contribution in [0.4, 0.5) is 11.4 Å². The van der Waals surface area contributed by atoms with Crippen molar-refractivity contribution in [2.45, 2.75) is 13.8 Å². The average molecular weight is 395 g/mol. The normalized spacial score (nSPS) is 10.4. The first-order chi connectivity index (χ1) is 13.9.